The third kappa shape index (κ3) is 4.60. The number of nitrogens with one attached hydrogen (secondary N) is 2. The van der Waals surface area contributed by atoms with Gasteiger partial charge in [-0.1, -0.05) is 11.6 Å². The lowest BCUT2D eigenvalue weighted by atomic mass is 10.2. The Hall–Kier alpha value is -2.55. The minimum absolute atomic E-state index is 0.134. The maximum atomic E-state index is 12.3. The molecule has 0 fully saturated rings. The number of likely N-dealkylation sites (N-methyl/N-ethyl adjacent to an activating group) is 1. The number of methoxy groups -OCH3 is 1. The lowest BCUT2D eigenvalue weighted by Gasteiger charge is -2.16. The van der Waals surface area contributed by atoms with Crippen LogP contribution in [0.2, 0.25) is 5.02 Å². The summed E-state index contributed by atoms with van der Waals surface area (Å²) in [5, 5.41) is 11.0. The molecule has 2 N–H and O–H groups in total. The number of ether oxygens (including phenoxy) is 1. The molecule has 0 spiro atoms. The minimum atomic E-state index is -0.196. The molecule has 1 amide bonds. The molecule has 3 aromatic rings. The van der Waals surface area contributed by atoms with Gasteiger partial charge in [-0.05, 0) is 49.3 Å². The largest absolute Gasteiger partial charge is 0.495 e. The molecule has 0 atom stereocenters. The van der Waals surface area contributed by atoms with Crippen molar-refractivity contribution in [3.05, 3.63) is 47.1 Å². The van der Waals surface area contributed by atoms with E-state index in [1.165, 1.54) is 19.1 Å². The Morgan fingerprint density at radius 2 is 2.22 bits per heavy atom. The highest BCUT2D eigenvalue weighted by molar-refractivity contribution is 7.97. The normalized spacial score (nSPS) is 11.0. The van der Waals surface area contributed by atoms with Crippen molar-refractivity contribution in [2.45, 2.75) is 4.90 Å². The van der Waals surface area contributed by atoms with Crippen LogP contribution in [0.1, 0.15) is 10.4 Å². The number of carbonyl (C=O) groups excluding carboxylic acids is 2. The number of H-pyrrole nitrogens is 1. The van der Waals surface area contributed by atoms with Gasteiger partial charge in [-0.3, -0.25) is 14.7 Å². The molecule has 140 valence electrons. The van der Waals surface area contributed by atoms with E-state index in [0.29, 0.717) is 22.0 Å². The van der Waals surface area contributed by atoms with Crippen LogP contribution in [0.3, 0.4) is 0 Å². The number of aromatic nitrogens is 2. The van der Waals surface area contributed by atoms with E-state index in [1.807, 2.05) is 0 Å². The van der Waals surface area contributed by atoms with Gasteiger partial charge in [0.2, 0.25) is 5.91 Å². The molecule has 2 aromatic carbocycles. The molecule has 0 saturated heterocycles. The minimum Gasteiger partial charge on any atom is -0.495 e. The predicted octanol–water partition coefficient (Wildman–Crippen LogP) is 3.62. The van der Waals surface area contributed by atoms with E-state index in [0.717, 1.165) is 22.1 Å². The zero-order chi connectivity index (χ0) is 19.4. The van der Waals surface area contributed by atoms with Crippen molar-refractivity contribution in [1.29, 1.82) is 0 Å². The van der Waals surface area contributed by atoms with Gasteiger partial charge >= 0.3 is 0 Å². The number of fused-ring (bicyclic) bond motifs is 1. The zero-order valence-electron chi connectivity index (χ0n) is 14.7. The van der Waals surface area contributed by atoms with Crippen molar-refractivity contribution >= 4 is 52.3 Å². The predicted molar refractivity (Wildman–Crippen MR) is 107 cm³/mol. The average Bonchev–Trinajstić information content (AvgIpc) is 3.10. The summed E-state index contributed by atoms with van der Waals surface area (Å²) >= 11 is 7.42. The second-order valence-corrected chi connectivity index (χ2v) is 7.40. The van der Waals surface area contributed by atoms with Gasteiger partial charge in [0.1, 0.15) is 12.0 Å². The smallest absolute Gasteiger partial charge is 0.239 e. The highest BCUT2D eigenvalue weighted by Gasteiger charge is 2.13. The van der Waals surface area contributed by atoms with Gasteiger partial charge in [-0.2, -0.15) is 5.10 Å². The van der Waals surface area contributed by atoms with Gasteiger partial charge in [0.15, 0.2) is 0 Å². The standard InChI is InChI=1S/C18H17ClN4O3S/c1-23(9-17(25)21-13-3-4-15(26-2)14(19)7-13)27-16-6-11(10-24)5-12-8-20-22-18(12)16/h3-8,10H,9H2,1-2H3,(H,20,22)(H,21,25). The number of carbonyl (C=O) groups is 2. The first kappa shape index (κ1) is 19.2. The number of anilines is 1. The van der Waals surface area contributed by atoms with Crippen LogP contribution in [-0.2, 0) is 4.79 Å². The molecular weight excluding hydrogens is 388 g/mol. The number of nitrogens with zero attached hydrogens (tertiary/aromatic N) is 2. The molecular formula is C18H17ClN4O3S. The molecule has 0 saturated carbocycles. The molecule has 0 bridgehead atoms. The van der Waals surface area contributed by atoms with Gasteiger partial charge in [-0.25, -0.2) is 4.31 Å². The van der Waals surface area contributed by atoms with Crippen molar-refractivity contribution in [2.24, 2.45) is 0 Å². The molecule has 0 aliphatic heterocycles. The number of aromatic amines is 1. The summed E-state index contributed by atoms with van der Waals surface area (Å²) < 4.78 is 6.86. The van der Waals surface area contributed by atoms with Crippen LogP contribution in [0.15, 0.2) is 41.4 Å². The molecule has 0 aliphatic rings. The van der Waals surface area contributed by atoms with Crippen LogP contribution in [0.4, 0.5) is 5.69 Å². The van der Waals surface area contributed by atoms with E-state index in [4.69, 9.17) is 16.3 Å². The van der Waals surface area contributed by atoms with Crippen LogP contribution in [0, 0.1) is 0 Å². The van der Waals surface area contributed by atoms with Gasteiger partial charge < -0.3 is 10.1 Å². The maximum Gasteiger partial charge on any atom is 0.239 e. The highest BCUT2D eigenvalue weighted by Crippen LogP contribution is 2.30. The summed E-state index contributed by atoms with van der Waals surface area (Å²) in [4.78, 5) is 24.2. The number of benzene rings is 2. The number of rotatable bonds is 7. The zero-order valence-corrected chi connectivity index (χ0v) is 16.2. The van der Waals surface area contributed by atoms with Crippen molar-refractivity contribution < 1.29 is 14.3 Å². The lowest BCUT2D eigenvalue weighted by molar-refractivity contribution is -0.116. The van der Waals surface area contributed by atoms with Crippen LogP contribution in [-0.4, -0.2) is 47.4 Å². The van der Waals surface area contributed by atoms with E-state index in [1.54, 1.807) is 47.9 Å². The van der Waals surface area contributed by atoms with Gasteiger partial charge in [0, 0.05) is 21.5 Å². The molecule has 0 unspecified atom stereocenters. The van der Waals surface area contributed by atoms with E-state index in [9.17, 15) is 9.59 Å². The van der Waals surface area contributed by atoms with Crippen molar-refractivity contribution in [3.63, 3.8) is 0 Å². The third-order valence-electron chi connectivity index (χ3n) is 3.73. The quantitative estimate of drug-likeness (QED) is 0.462. The van der Waals surface area contributed by atoms with Crippen molar-refractivity contribution in [3.8, 4) is 5.75 Å². The molecule has 27 heavy (non-hydrogen) atoms. The second kappa shape index (κ2) is 8.43. The van der Waals surface area contributed by atoms with Gasteiger partial charge in [0.25, 0.3) is 0 Å². The van der Waals surface area contributed by atoms with Crippen LogP contribution in [0.25, 0.3) is 10.9 Å². The van der Waals surface area contributed by atoms with Gasteiger partial charge in [0.05, 0.1) is 30.4 Å². The first-order chi connectivity index (χ1) is 13.0. The Kier molecular flexibility index (Phi) is 6.00. The van der Waals surface area contributed by atoms with Crippen LogP contribution < -0.4 is 10.1 Å². The summed E-state index contributed by atoms with van der Waals surface area (Å²) in [5.41, 5.74) is 1.96. The second-order valence-electron chi connectivity index (χ2n) is 5.75. The third-order valence-corrected chi connectivity index (χ3v) is 4.98. The topological polar surface area (TPSA) is 87.3 Å². The highest BCUT2D eigenvalue weighted by atomic mass is 35.5. The van der Waals surface area contributed by atoms with Crippen LogP contribution >= 0.6 is 23.5 Å². The average molecular weight is 405 g/mol. The summed E-state index contributed by atoms with van der Waals surface area (Å²) in [6.07, 6.45) is 2.45. The summed E-state index contributed by atoms with van der Waals surface area (Å²) in [5.74, 6) is 0.347. The molecule has 9 heteroatoms. The van der Waals surface area contributed by atoms with E-state index < -0.39 is 0 Å². The molecule has 0 aliphatic carbocycles. The van der Waals surface area contributed by atoms with E-state index >= 15 is 0 Å². The van der Waals surface area contributed by atoms with Crippen molar-refractivity contribution in [1.82, 2.24) is 14.5 Å². The van der Waals surface area contributed by atoms with E-state index in [-0.39, 0.29) is 12.5 Å². The Morgan fingerprint density at radius 1 is 1.41 bits per heavy atom. The number of halogens is 1. The molecule has 1 heterocycles. The van der Waals surface area contributed by atoms with E-state index in [2.05, 4.69) is 15.5 Å². The summed E-state index contributed by atoms with van der Waals surface area (Å²) in [7, 11) is 3.32. The Labute approximate surface area is 165 Å². The SMILES string of the molecule is COc1ccc(NC(=O)CN(C)Sc2cc(C=O)cc3cn[nH]c23)cc1Cl. The first-order valence-electron chi connectivity index (χ1n) is 7.95. The fourth-order valence-electron chi connectivity index (χ4n) is 2.53. The number of aldehydes is 1. The van der Waals surface area contributed by atoms with Gasteiger partial charge in [-0.15, -0.1) is 0 Å². The number of hydrogen-bond acceptors (Lipinski definition) is 6. The Morgan fingerprint density at radius 3 is 2.93 bits per heavy atom. The summed E-state index contributed by atoms with van der Waals surface area (Å²) in [6.45, 7) is 0.134. The van der Waals surface area contributed by atoms with Crippen molar-refractivity contribution in [2.75, 3.05) is 26.0 Å². The molecule has 3 rings (SSSR count). The monoisotopic (exact) mass is 404 g/mol. The fourth-order valence-corrected chi connectivity index (χ4v) is 3.75. The molecule has 1 aromatic heterocycles. The maximum absolute atomic E-state index is 12.3. The molecule has 7 nitrogen and oxygen atoms in total. The molecule has 0 radical (unpaired) electrons. The number of amides is 1. The number of hydrogen-bond donors (Lipinski definition) is 2. The lowest BCUT2D eigenvalue weighted by Crippen LogP contribution is -2.25. The fraction of sp³-hybridized carbons (Fsp3) is 0.167. The Bertz CT molecular complexity index is 992. The Balaban J connectivity index is 1.66. The van der Waals surface area contributed by atoms with Crippen LogP contribution in [0.5, 0.6) is 5.75 Å². The first-order valence-corrected chi connectivity index (χ1v) is 9.10. The summed E-state index contributed by atoms with van der Waals surface area (Å²) in [6, 6.07) is 8.56.